The molecular formula is C14H23NO3. The first kappa shape index (κ1) is 14.7. The van der Waals surface area contributed by atoms with Crippen molar-refractivity contribution in [2.75, 3.05) is 6.54 Å². The highest BCUT2D eigenvalue weighted by Gasteiger charge is 2.13. The molecule has 0 bridgehead atoms. The summed E-state index contributed by atoms with van der Waals surface area (Å²) in [7, 11) is 0. The highest BCUT2D eigenvalue weighted by molar-refractivity contribution is 5.78. The van der Waals surface area contributed by atoms with Gasteiger partial charge in [0, 0.05) is 19.4 Å². The van der Waals surface area contributed by atoms with Crippen LogP contribution in [0.4, 0.5) is 0 Å². The third kappa shape index (κ3) is 5.84. The Balaban J connectivity index is 2.26. The molecule has 0 aromatic heterocycles. The Hall–Kier alpha value is -1.32. The minimum absolute atomic E-state index is 0.0204. The van der Waals surface area contributed by atoms with Gasteiger partial charge < -0.3 is 10.4 Å². The molecule has 0 heterocycles. The zero-order valence-electron chi connectivity index (χ0n) is 11.1. The van der Waals surface area contributed by atoms with Gasteiger partial charge in [-0.15, -0.1) is 0 Å². The van der Waals surface area contributed by atoms with Crippen LogP contribution in [0.25, 0.3) is 0 Å². The van der Waals surface area contributed by atoms with Gasteiger partial charge in [0.05, 0.1) is 0 Å². The van der Waals surface area contributed by atoms with E-state index >= 15 is 0 Å². The molecule has 0 aliphatic heterocycles. The van der Waals surface area contributed by atoms with Crippen LogP contribution < -0.4 is 5.32 Å². The molecule has 1 aliphatic rings. The predicted octanol–water partition coefficient (Wildman–Crippen LogP) is 2.49. The van der Waals surface area contributed by atoms with Gasteiger partial charge in [-0.3, -0.25) is 9.59 Å². The van der Waals surface area contributed by atoms with Crippen LogP contribution in [0.5, 0.6) is 0 Å². The minimum Gasteiger partial charge on any atom is -0.481 e. The van der Waals surface area contributed by atoms with Gasteiger partial charge in [0.1, 0.15) is 0 Å². The lowest BCUT2D eigenvalue weighted by Gasteiger charge is -2.15. The van der Waals surface area contributed by atoms with E-state index in [4.69, 9.17) is 5.11 Å². The summed E-state index contributed by atoms with van der Waals surface area (Å²) in [6.45, 7) is 2.42. The third-order valence-corrected chi connectivity index (χ3v) is 3.40. The maximum atomic E-state index is 11.7. The van der Waals surface area contributed by atoms with Gasteiger partial charge in [-0.25, -0.2) is 0 Å². The molecule has 4 nitrogen and oxygen atoms in total. The fraction of sp³-hybridized carbons (Fsp3) is 0.714. The van der Waals surface area contributed by atoms with E-state index in [1.165, 1.54) is 18.4 Å². The topological polar surface area (TPSA) is 66.4 Å². The Kier molecular flexibility index (Phi) is 6.47. The molecule has 0 radical (unpaired) electrons. The van der Waals surface area contributed by atoms with Crippen LogP contribution in [0.3, 0.4) is 0 Å². The zero-order chi connectivity index (χ0) is 13.4. The first-order chi connectivity index (χ1) is 8.61. The van der Waals surface area contributed by atoms with Crippen molar-refractivity contribution in [3.05, 3.63) is 11.6 Å². The van der Waals surface area contributed by atoms with Crippen molar-refractivity contribution < 1.29 is 14.7 Å². The van der Waals surface area contributed by atoms with Crippen LogP contribution in [0, 0.1) is 5.92 Å². The number of amides is 1. The van der Waals surface area contributed by atoms with Crippen LogP contribution in [-0.2, 0) is 9.59 Å². The van der Waals surface area contributed by atoms with Gasteiger partial charge in [-0.2, -0.15) is 0 Å². The Bertz CT molecular complexity index is 323. The first-order valence-corrected chi connectivity index (χ1v) is 6.78. The lowest BCUT2D eigenvalue weighted by Crippen LogP contribution is -2.30. The summed E-state index contributed by atoms with van der Waals surface area (Å²) in [5, 5.41) is 11.6. The Morgan fingerprint density at radius 2 is 2.22 bits per heavy atom. The maximum absolute atomic E-state index is 11.7. The van der Waals surface area contributed by atoms with Gasteiger partial charge in [-0.05, 0) is 31.6 Å². The molecule has 0 aromatic rings. The van der Waals surface area contributed by atoms with Crippen molar-refractivity contribution in [1.82, 2.24) is 5.32 Å². The average molecular weight is 253 g/mol. The zero-order valence-corrected chi connectivity index (χ0v) is 11.1. The predicted molar refractivity (Wildman–Crippen MR) is 70.2 cm³/mol. The number of allylic oxidation sites excluding steroid dienone is 1. The molecule has 0 spiro atoms. The largest absolute Gasteiger partial charge is 0.481 e. The van der Waals surface area contributed by atoms with Crippen LogP contribution in [-0.4, -0.2) is 23.5 Å². The Labute approximate surface area is 108 Å². The summed E-state index contributed by atoms with van der Waals surface area (Å²) in [4.78, 5) is 22.3. The van der Waals surface area contributed by atoms with Crippen molar-refractivity contribution >= 4 is 11.9 Å². The fourth-order valence-corrected chi connectivity index (χ4v) is 2.20. The summed E-state index contributed by atoms with van der Waals surface area (Å²) in [6, 6.07) is 0. The number of nitrogens with one attached hydrogen (secondary N) is 1. The summed E-state index contributed by atoms with van der Waals surface area (Å²) in [5.74, 6) is -0.745. The second-order valence-corrected chi connectivity index (χ2v) is 4.96. The molecule has 102 valence electrons. The number of rotatable bonds is 7. The van der Waals surface area contributed by atoms with E-state index in [-0.39, 0.29) is 18.2 Å². The van der Waals surface area contributed by atoms with E-state index in [9.17, 15) is 9.59 Å². The Morgan fingerprint density at radius 3 is 2.78 bits per heavy atom. The molecule has 1 aliphatic carbocycles. The number of carboxylic acids is 1. The van der Waals surface area contributed by atoms with E-state index in [2.05, 4.69) is 11.4 Å². The minimum atomic E-state index is -0.800. The molecule has 1 unspecified atom stereocenters. The quantitative estimate of drug-likeness (QED) is 0.685. The van der Waals surface area contributed by atoms with Gasteiger partial charge in [0.25, 0.3) is 0 Å². The summed E-state index contributed by atoms with van der Waals surface area (Å²) < 4.78 is 0. The van der Waals surface area contributed by atoms with Crippen molar-refractivity contribution in [1.29, 1.82) is 0 Å². The lowest BCUT2D eigenvalue weighted by atomic mass is 9.97. The third-order valence-electron chi connectivity index (χ3n) is 3.40. The maximum Gasteiger partial charge on any atom is 0.303 e. The SMILES string of the molecule is CCC(CNC(=O)CC1=CCCCC1)CC(=O)O. The smallest absolute Gasteiger partial charge is 0.303 e. The summed E-state index contributed by atoms with van der Waals surface area (Å²) in [6.07, 6.45) is 8.05. The molecule has 1 amide bonds. The standard InChI is InChI=1S/C14H23NO3/c1-2-11(9-14(17)18)10-15-13(16)8-12-6-4-3-5-7-12/h6,11H,2-5,7-10H2,1H3,(H,15,16)(H,17,18). The van der Waals surface area contributed by atoms with E-state index in [1.807, 2.05) is 6.92 Å². The van der Waals surface area contributed by atoms with Crippen molar-refractivity contribution in [3.63, 3.8) is 0 Å². The monoisotopic (exact) mass is 253 g/mol. The molecule has 0 saturated heterocycles. The van der Waals surface area contributed by atoms with Crippen LogP contribution in [0.1, 0.15) is 51.9 Å². The van der Waals surface area contributed by atoms with Crippen LogP contribution >= 0.6 is 0 Å². The Morgan fingerprint density at radius 1 is 1.44 bits per heavy atom. The second-order valence-electron chi connectivity index (χ2n) is 4.96. The normalized spacial score (nSPS) is 16.8. The molecule has 2 N–H and O–H groups in total. The molecule has 4 heteroatoms. The second kappa shape index (κ2) is 7.90. The van der Waals surface area contributed by atoms with Crippen molar-refractivity contribution in [2.24, 2.45) is 5.92 Å². The highest BCUT2D eigenvalue weighted by Crippen LogP contribution is 2.19. The van der Waals surface area contributed by atoms with Crippen molar-refractivity contribution in [2.45, 2.75) is 51.9 Å². The van der Waals surface area contributed by atoms with Gasteiger partial charge in [-0.1, -0.05) is 25.0 Å². The molecule has 0 aromatic carbocycles. The van der Waals surface area contributed by atoms with E-state index in [1.54, 1.807) is 0 Å². The fourth-order valence-electron chi connectivity index (χ4n) is 2.20. The molecule has 1 rings (SSSR count). The number of hydrogen-bond donors (Lipinski definition) is 2. The summed E-state index contributed by atoms with van der Waals surface area (Å²) in [5.41, 5.74) is 1.23. The van der Waals surface area contributed by atoms with Crippen LogP contribution in [0.15, 0.2) is 11.6 Å². The lowest BCUT2D eigenvalue weighted by molar-refractivity contribution is -0.138. The number of carboxylic acid groups (broad SMARTS) is 1. The van der Waals surface area contributed by atoms with Gasteiger partial charge in [0.2, 0.25) is 5.91 Å². The number of hydrogen-bond acceptors (Lipinski definition) is 2. The van der Waals surface area contributed by atoms with E-state index in [0.29, 0.717) is 13.0 Å². The molecule has 18 heavy (non-hydrogen) atoms. The highest BCUT2D eigenvalue weighted by atomic mass is 16.4. The molecule has 0 fully saturated rings. The van der Waals surface area contributed by atoms with Gasteiger partial charge in [0.15, 0.2) is 0 Å². The number of aliphatic carboxylic acids is 1. The number of carbonyl (C=O) groups is 2. The van der Waals surface area contributed by atoms with Crippen LogP contribution in [0.2, 0.25) is 0 Å². The average Bonchev–Trinajstić information content (AvgIpc) is 2.35. The van der Waals surface area contributed by atoms with Gasteiger partial charge >= 0.3 is 5.97 Å². The van der Waals surface area contributed by atoms with Crippen molar-refractivity contribution in [3.8, 4) is 0 Å². The van der Waals surface area contributed by atoms with E-state index < -0.39 is 5.97 Å². The molecule has 1 atom stereocenters. The number of carbonyl (C=O) groups excluding carboxylic acids is 1. The molecule has 0 saturated carbocycles. The molecular weight excluding hydrogens is 230 g/mol. The van der Waals surface area contributed by atoms with E-state index in [0.717, 1.165) is 19.3 Å². The first-order valence-electron chi connectivity index (χ1n) is 6.78. The summed E-state index contributed by atoms with van der Waals surface area (Å²) >= 11 is 0.